The molecule has 1 heterocycles. The summed E-state index contributed by atoms with van der Waals surface area (Å²) < 4.78 is 6.52. The lowest BCUT2D eigenvalue weighted by molar-refractivity contribution is 0.405. The maximum Gasteiger partial charge on any atom is 0.119 e. The molecule has 0 fully saturated rings. The molecule has 0 bridgehead atoms. The SMILES string of the molecule is COc1ccc2c(c1)[C@@H]1C=CC[C@@H]1[C@@H](c1ccc(Br)cc1)N2. The molecule has 22 heavy (non-hydrogen) atoms. The van der Waals surface area contributed by atoms with Crippen molar-refractivity contribution in [3.63, 3.8) is 0 Å². The normalized spacial score (nSPS) is 25.3. The number of allylic oxidation sites excluding steroid dienone is 2. The van der Waals surface area contributed by atoms with Crippen LogP contribution in [-0.2, 0) is 0 Å². The van der Waals surface area contributed by atoms with Crippen molar-refractivity contribution in [1.29, 1.82) is 0 Å². The summed E-state index contributed by atoms with van der Waals surface area (Å²) in [6.07, 6.45) is 5.79. The number of halogens is 1. The molecule has 1 aliphatic carbocycles. The molecule has 112 valence electrons. The molecule has 2 aromatic carbocycles. The molecule has 0 unspecified atom stereocenters. The molecule has 2 aromatic rings. The Kier molecular flexibility index (Phi) is 3.45. The summed E-state index contributed by atoms with van der Waals surface area (Å²) in [7, 11) is 1.73. The van der Waals surface area contributed by atoms with Gasteiger partial charge in [-0.1, -0.05) is 40.2 Å². The highest BCUT2D eigenvalue weighted by molar-refractivity contribution is 9.10. The first-order chi connectivity index (χ1) is 10.8. The minimum Gasteiger partial charge on any atom is -0.497 e. The smallest absolute Gasteiger partial charge is 0.119 e. The van der Waals surface area contributed by atoms with Crippen molar-refractivity contribution < 1.29 is 4.74 Å². The van der Waals surface area contributed by atoms with Crippen molar-refractivity contribution in [3.05, 3.63) is 70.2 Å². The average Bonchev–Trinajstić information content (AvgIpc) is 3.04. The second kappa shape index (κ2) is 5.47. The summed E-state index contributed by atoms with van der Waals surface area (Å²) >= 11 is 3.52. The minimum absolute atomic E-state index is 0.356. The minimum atomic E-state index is 0.356. The maximum atomic E-state index is 5.40. The lowest BCUT2D eigenvalue weighted by atomic mass is 9.77. The van der Waals surface area contributed by atoms with Crippen LogP contribution >= 0.6 is 15.9 Å². The molecule has 0 saturated heterocycles. The third-order valence-corrected chi connectivity index (χ3v) is 5.33. The monoisotopic (exact) mass is 355 g/mol. The van der Waals surface area contributed by atoms with Crippen LogP contribution in [0.25, 0.3) is 0 Å². The Bertz CT molecular complexity index is 723. The number of methoxy groups -OCH3 is 1. The Hall–Kier alpha value is -1.74. The van der Waals surface area contributed by atoms with Crippen LogP contribution in [0, 0.1) is 5.92 Å². The number of hydrogen-bond acceptors (Lipinski definition) is 2. The van der Waals surface area contributed by atoms with Crippen LogP contribution in [-0.4, -0.2) is 7.11 Å². The molecular formula is C19H18BrNO. The van der Waals surface area contributed by atoms with Gasteiger partial charge in [0.05, 0.1) is 13.2 Å². The number of fused-ring (bicyclic) bond motifs is 3. The van der Waals surface area contributed by atoms with E-state index in [-0.39, 0.29) is 0 Å². The van der Waals surface area contributed by atoms with Crippen molar-refractivity contribution in [3.8, 4) is 5.75 Å². The zero-order valence-electron chi connectivity index (χ0n) is 12.4. The van der Waals surface area contributed by atoms with Gasteiger partial charge in [-0.2, -0.15) is 0 Å². The lowest BCUT2D eigenvalue weighted by Crippen LogP contribution is -2.29. The van der Waals surface area contributed by atoms with Crippen LogP contribution in [0.1, 0.15) is 29.5 Å². The van der Waals surface area contributed by atoms with Gasteiger partial charge in [-0.15, -0.1) is 0 Å². The zero-order chi connectivity index (χ0) is 15.1. The van der Waals surface area contributed by atoms with E-state index < -0.39 is 0 Å². The molecule has 0 saturated carbocycles. The van der Waals surface area contributed by atoms with Crippen molar-refractivity contribution in [2.45, 2.75) is 18.4 Å². The van der Waals surface area contributed by atoms with Gasteiger partial charge in [0.15, 0.2) is 0 Å². The van der Waals surface area contributed by atoms with Gasteiger partial charge >= 0.3 is 0 Å². The van der Waals surface area contributed by atoms with Gasteiger partial charge in [0.25, 0.3) is 0 Å². The number of anilines is 1. The topological polar surface area (TPSA) is 21.3 Å². The van der Waals surface area contributed by atoms with Crippen molar-refractivity contribution in [2.75, 3.05) is 12.4 Å². The van der Waals surface area contributed by atoms with Crippen molar-refractivity contribution in [1.82, 2.24) is 0 Å². The fraction of sp³-hybridized carbons (Fsp3) is 0.263. The Labute approximate surface area is 139 Å². The van der Waals surface area contributed by atoms with Crippen LogP contribution in [0.3, 0.4) is 0 Å². The summed E-state index contributed by atoms with van der Waals surface area (Å²) in [5.41, 5.74) is 3.93. The lowest BCUT2D eigenvalue weighted by Gasteiger charge is -2.37. The highest BCUT2D eigenvalue weighted by Gasteiger charge is 2.37. The molecule has 2 aliphatic rings. The van der Waals surface area contributed by atoms with Crippen LogP contribution in [0.5, 0.6) is 5.75 Å². The predicted molar refractivity (Wildman–Crippen MR) is 93.5 cm³/mol. The Morgan fingerprint density at radius 2 is 1.95 bits per heavy atom. The first-order valence-corrected chi connectivity index (χ1v) is 8.42. The number of nitrogens with one attached hydrogen (secondary N) is 1. The molecule has 1 N–H and O–H groups in total. The van der Waals surface area contributed by atoms with Gasteiger partial charge in [0, 0.05) is 16.1 Å². The molecule has 1 aliphatic heterocycles. The molecule has 3 atom stereocenters. The van der Waals surface area contributed by atoms with Crippen molar-refractivity contribution in [2.24, 2.45) is 5.92 Å². The highest BCUT2D eigenvalue weighted by atomic mass is 79.9. The number of ether oxygens (including phenoxy) is 1. The van der Waals surface area contributed by atoms with Crippen LogP contribution in [0.4, 0.5) is 5.69 Å². The molecule has 2 nitrogen and oxygen atoms in total. The van der Waals surface area contributed by atoms with Gasteiger partial charge in [0.1, 0.15) is 5.75 Å². The van der Waals surface area contributed by atoms with Crippen LogP contribution in [0.2, 0.25) is 0 Å². The quantitative estimate of drug-likeness (QED) is 0.739. The molecule has 0 aromatic heterocycles. The summed E-state index contributed by atoms with van der Waals surface area (Å²) in [6.45, 7) is 0. The van der Waals surface area contributed by atoms with Gasteiger partial charge in [0.2, 0.25) is 0 Å². The fourth-order valence-corrected chi connectivity index (χ4v) is 3.96. The first-order valence-electron chi connectivity index (χ1n) is 7.63. The molecule has 0 spiro atoms. The van der Waals surface area contributed by atoms with E-state index in [1.165, 1.54) is 16.8 Å². The summed E-state index contributed by atoms with van der Waals surface area (Å²) in [4.78, 5) is 0. The van der Waals surface area contributed by atoms with E-state index in [2.05, 4.69) is 69.8 Å². The van der Waals surface area contributed by atoms with E-state index in [9.17, 15) is 0 Å². The maximum absolute atomic E-state index is 5.40. The van der Waals surface area contributed by atoms with E-state index in [0.29, 0.717) is 17.9 Å². The van der Waals surface area contributed by atoms with E-state index in [1.807, 2.05) is 6.07 Å². The Morgan fingerprint density at radius 1 is 1.14 bits per heavy atom. The molecule has 3 heteroatoms. The third-order valence-electron chi connectivity index (χ3n) is 4.80. The second-order valence-electron chi connectivity index (χ2n) is 5.98. The molecular weight excluding hydrogens is 338 g/mol. The van der Waals surface area contributed by atoms with Gasteiger partial charge in [-0.3, -0.25) is 0 Å². The second-order valence-corrected chi connectivity index (χ2v) is 6.90. The summed E-state index contributed by atoms with van der Waals surface area (Å²) in [5, 5.41) is 3.74. The van der Waals surface area contributed by atoms with E-state index in [1.54, 1.807) is 7.11 Å². The Morgan fingerprint density at radius 3 is 2.73 bits per heavy atom. The Balaban J connectivity index is 1.76. The van der Waals surface area contributed by atoms with Gasteiger partial charge in [-0.25, -0.2) is 0 Å². The predicted octanol–water partition coefficient (Wildman–Crippen LogP) is 5.28. The van der Waals surface area contributed by atoms with Crippen molar-refractivity contribution >= 4 is 21.6 Å². The first kappa shape index (κ1) is 13.9. The average molecular weight is 356 g/mol. The highest BCUT2D eigenvalue weighted by Crippen LogP contribution is 2.50. The van der Waals surface area contributed by atoms with E-state index in [4.69, 9.17) is 4.74 Å². The number of rotatable bonds is 2. The molecule has 0 amide bonds. The number of hydrogen-bond donors (Lipinski definition) is 1. The standard InChI is InChI=1S/C19H18BrNO/c1-22-14-9-10-18-17(11-14)15-3-2-4-16(15)19(21-18)12-5-7-13(20)8-6-12/h2-3,5-11,15-16,19,21H,4H2,1H3/t15-,16+,19-/m1/s1. The fourth-order valence-electron chi connectivity index (χ4n) is 3.70. The summed E-state index contributed by atoms with van der Waals surface area (Å²) in [6, 6.07) is 15.4. The number of benzene rings is 2. The van der Waals surface area contributed by atoms with E-state index >= 15 is 0 Å². The van der Waals surface area contributed by atoms with Crippen LogP contribution < -0.4 is 10.1 Å². The largest absolute Gasteiger partial charge is 0.497 e. The molecule has 4 rings (SSSR count). The van der Waals surface area contributed by atoms with Crippen LogP contribution in [0.15, 0.2) is 59.1 Å². The summed E-state index contributed by atoms with van der Waals surface area (Å²) in [5.74, 6) is 1.97. The third kappa shape index (κ3) is 2.24. The van der Waals surface area contributed by atoms with Gasteiger partial charge in [-0.05, 0) is 53.8 Å². The van der Waals surface area contributed by atoms with E-state index in [0.717, 1.165) is 16.6 Å². The molecule has 0 radical (unpaired) electrons. The zero-order valence-corrected chi connectivity index (χ0v) is 14.0. The van der Waals surface area contributed by atoms with Gasteiger partial charge < -0.3 is 10.1 Å².